The zero-order valence-electron chi connectivity index (χ0n) is 14.2. The monoisotopic (exact) mass is 334 g/mol. The summed E-state index contributed by atoms with van der Waals surface area (Å²) in [5, 5.41) is 3.07. The Labute approximate surface area is 143 Å². The van der Waals surface area contributed by atoms with Gasteiger partial charge in [0.15, 0.2) is 0 Å². The summed E-state index contributed by atoms with van der Waals surface area (Å²) in [6.45, 7) is 4.45. The van der Waals surface area contributed by atoms with Crippen LogP contribution in [0.25, 0.3) is 0 Å². The highest BCUT2D eigenvalue weighted by Crippen LogP contribution is 2.24. The number of nitrogens with one attached hydrogen (secondary N) is 1. The van der Waals surface area contributed by atoms with E-state index in [2.05, 4.69) is 22.3 Å². The molecule has 0 aromatic heterocycles. The number of methoxy groups -OCH3 is 1. The van der Waals surface area contributed by atoms with Gasteiger partial charge in [0.05, 0.1) is 26.4 Å². The lowest BCUT2D eigenvalue weighted by atomic mass is 10.0. The smallest absolute Gasteiger partial charge is 0.249 e. The van der Waals surface area contributed by atoms with Gasteiger partial charge in [-0.3, -0.25) is 9.69 Å². The van der Waals surface area contributed by atoms with Crippen LogP contribution < -0.4 is 10.1 Å². The SMILES string of the molecule is COc1ccc([C@@H](CNC(=O)[C@@H]2CCCO2)N2CCOCC2)cc1. The van der Waals surface area contributed by atoms with Crippen molar-refractivity contribution >= 4 is 5.91 Å². The van der Waals surface area contributed by atoms with Crippen molar-refractivity contribution in [2.24, 2.45) is 0 Å². The molecule has 1 amide bonds. The van der Waals surface area contributed by atoms with Gasteiger partial charge < -0.3 is 19.5 Å². The highest BCUT2D eigenvalue weighted by Gasteiger charge is 2.27. The average molecular weight is 334 g/mol. The molecule has 2 fully saturated rings. The lowest BCUT2D eigenvalue weighted by Gasteiger charge is -2.35. The van der Waals surface area contributed by atoms with Gasteiger partial charge in [-0.25, -0.2) is 0 Å². The molecule has 2 aliphatic heterocycles. The van der Waals surface area contributed by atoms with Crippen LogP contribution >= 0.6 is 0 Å². The van der Waals surface area contributed by atoms with Gasteiger partial charge in [0.25, 0.3) is 0 Å². The summed E-state index contributed by atoms with van der Waals surface area (Å²) in [5.41, 5.74) is 1.17. The van der Waals surface area contributed by atoms with Crippen LogP contribution in [0.2, 0.25) is 0 Å². The first-order chi connectivity index (χ1) is 11.8. The highest BCUT2D eigenvalue weighted by molar-refractivity contribution is 5.81. The number of ether oxygens (including phenoxy) is 3. The Balaban J connectivity index is 1.67. The van der Waals surface area contributed by atoms with E-state index in [0.717, 1.165) is 44.9 Å². The van der Waals surface area contributed by atoms with Crippen LogP contribution in [-0.4, -0.2) is 63.5 Å². The topological polar surface area (TPSA) is 60.0 Å². The molecule has 2 atom stereocenters. The maximum atomic E-state index is 12.3. The minimum absolute atomic E-state index is 0.000675. The van der Waals surface area contributed by atoms with E-state index in [1.54, 1.807) is 7.11 Å². The van der Waals surface area contributed by atoms with Crippen molar-refractivity contribution in [1.29, 1.82) is 0 Å². The standard InChI is InChI=1S/C18H26N2O4/c1-22-15-6-4-14(5-7-15)16(20-8-11-23-12-9-20)13-19-18(21)17-3-2-10-24-17/h4-7,16-17H,2-3,8-13H2,1H3,(H,19,21)/t16-,17+/m1/s1. The minimum atomic E-state index is -0.286. The van der Waals surface area contributed by atoms with Crippen molar-refractivity contribution in [3.05, 3.63) is 29.8 Å². The fraction of sp³-hybridized carbons (Fsp3) is 0.611. The zero-order chi connectivity index (χ0) is 16.8. The van der Waals surface area contributed by atoms with Gasteiger partial charge in [-0.2, -0.15) is 0 Å². The molecule has 0 radical (unpaired) electrons. The van der Waals surface area contributed by atoms with E-state index in [9.17, 15) is 4.79 Å². The summed E-state index contributed by atoms with van der Waals surface area (Å²) in [4.78, 5) is 14.6. The van der Waals surface area contributed by atoms with Gasteiger partial charge in [-0.1, -0.05) is 12.1 Å². The molecule has 6 nitrogen and oxygen atoms in total. The van der Waals surface area contributed by atoms with Gasteiger partial charge >= 0.3 is 0 Å². The number of hydrogen-bond donors (Lipinski definition) is 1. The van der Waals surface area contributed by atoms with Gasteiger partial charge in [0, 0.05) is 26.2 Å². The zero-order valence-corrected chi connectivity index (χ0v) is 14.2. The molecule has 1 aromatic rings. The number of nitrogens with zero attached hydrogens (tertiary/aromatic N) is 1. The molecule has 3 rings (SSSR count). The Morgan fingerprint density at radius 3 is 2.67 bits per heavy atom. The van der Waals surface area contributed by atoms with Crippen LogP contribution in [0, 0.1) is 0 Å². The Morgan fingerprint density at radius 1 is 1.29 bits per heavy atom. The van der Waals surface area contributed by atoms with Crippen molar-refractivity contribution in [2.45, 2.75) is 25.0 Å². The first-order valence-corrected chi connectivity index (χ1v) is 8.63. The normalized spacial score (nSPS) is 23.0. The second-order valence-electron chi connectivity index (χ2n) is 6.18. The number of benzene rings is 1. The van der Waals surface area contributed by atoms with Gasteiger partial charge in [0.2, 0.25) is 5.91 Å². The molecule has 0 bridgehead atoms. The van der Waals surface area contributed by atoms with Crippen LogP contribution in [0.1, 0.15) is 24.4 Å². The molecular weight excluding hydrogens is 308 g/mol. The van der Waals surface area contributed by atoms with Crippen LogP contribution in [0.5, 0.6) is 5.75 Å². The molecule has 1 aromatic carbocycles. The number of carbonyl (C=O) groups excluding carboxylic acids is 1. The molecule has 0 spiro atoms. The van der Waals surface area contributed by atoms with Gasteiger partial charge in [0.1, 0.15) is 11.9 Å². The summed E-state index contributed by atoms with van der Waals surface area (Å²) in [6.07, 6.45) is 1.49. The number of amides is 1. The van der Waals surface area contributed by atoms with Gasteiger partial charge in [-0.05, 0) is 30.5 Å². The van der Waals surface area contributed by atoms with E-state index in [4.69, 9.17) is 14.2 Å². The lowest BCUT2D eigenvalue weighted by molar-refractivity contribution is -0.130. The van der Waals surface area contributed by atoms with E-state index in [0.29, 0.717) is 13.2 Å². The molecular formula is C18H26N2O4. The summed E-state index contributed by atoms with van der Waals surface area (Å²) < 4.78 is 16.2. The van der Waals surface area contributed by atoms with Crippen molar-refractivity contribution in [2.75, 3.05) is 46.6 Å². The Bertz CT molecular complexity index is 522. The van der Waals surface area contributed by atoms with Crippen LogP contribution in [0.3, 0.4) is 0 Å². The van der Waals surface area contributed by atoms with Crippen molar-refractivity contribution in [3.63, 3.8) is 0 Å². The number of morpholine rings is 1. The lowest BCUT2D eigenvalue weighted by Crippen LogP contribution is -2.45. The summed E-state index contributed by atoms with van der Waals surface area (Å²) in [5.74, 6) is 0.835. The Morgan fingerprint density at radius 2 is 2.04 bits per heavy atom. The van der Waals surface area contributed by atoms with E-state index < -0.39 is 0 Å². The molecule has 24 heavy (non-hydrogen) atoms. The van der Waals surface area contributed by atoms with E-state index in [-0.39, 0.29) is 18.1 Å². The predicted molar refractivity (Wildman–Crippen MR) is 90.1 cm³/mol. The molecule has 2 aliphatic rings. The molecule has 132 valence electrons. The first-order valence-electron chi connectivity index (χ1n) is 8.63. The minimum Gasteiger partial charge on any atom is -0.497 e. The third-order valence-corrected chi connectivity index (χ3v) is 4.68. The number of hydrogen-bond acceptors (Lipinski definition) is 5. The third kappa shape index (κ3) is 4.26. The average Bonchev–Trinajstić information content (AvgIpc) is 3.18. The quantitative estimate of drug-likeness (QED) is 0.851. The predicted octanol–water partition coefficient (Wildman–Crippen LogP) is 1.36. The maximum Gasteiger partial charge on any atom is 0.249 e. The third-order valence-electron chi connectivity index (χ3n) is 4.68. The van der Waals surface area contributed by atoms with Crippen molar-refractivity contribution in [1.82, 2.24) is 10.2 Å². The molecule has 2 heterocycles. The number of carbonyl (C=O) groups is 1. The van der Waals surface area contributed by atoms with Crippen LogP contribution in [-0.2, 0) is 14.3 Å². The second kappa shape index (κ2) is 8.46. The molecule has 0 unspecified atom stereocenters. The Hall–Kier alpha value is -1.63. The highest BCUT2D eigenvalue weighted by atomic mass is 16.5. The van der Waals surface area contributed by atoms with Crippen LogP contribution in [0.15, 0.2) is 24.3 Å². The second-order valence-corrected chi connectivity index (χ2v) is 6.18. The maximum absolute atomic E-state index is 12.3. The van der Waals surface area contributed by atoms with E-state index in [1.807, 2.05) is 12.1 Å². The van der Waals surface area contributed by atoms with Gasteiger partial charge in [-0.15, -0.1) is 0 Å². The summed E-state index contributed by atoms with van der Waals surface area (Å²) in [6, 6.07) is 8.19. The van der Waals surface area contributed by atoms with Crippen molar-refractivity contribution < 1.29 is 19.0 Å². The summed E-state index contributed by atoms with van der Waals surface area (Å²) >= 11 is 0. The van der Waals surface area contributed by atoms with E-state index >= 15 is 0 Å². The largest absolute Gasteiger partial charge is 0.497 e. The molecule has 0 aliphatic carbocycles. The van der Waals surface area contributed by atoms with Crippen LogP contribution in [0.4, 0.5) is 0 Å². The Kier molecular flexibility index (Phi) is 6.07. The summed E-state index contributed by atoms with van der Waals surface area (Å²) in [7, 11) is 1.66. The molecule has 2 saturated heterocycles. The fourth-order valence-corrected chi connectivity index (χ4v) is 3.27. The first kappa shape index (κ1) is 17.2. The molecule has 0 saturated carbocycles. The van der Waals surface area contributed by atoms with Crippen molar-refractivity contribution in [3.8, 4) is 5.75 Å². The fourth-order valence-electron chi connectivity index (χ4n) is 3.27. The number of rotatable bonds is 6. The van der Waals surface area contributed by atoms with E-state index in [1.165, 1.54) is 5.56 Å². The molecule has 1 N–H and O–H groups in total. The molecule has 6 heteroatoms.